The first kappa shape index (κ1) is 14.7. The van der Waals surface area contributed by atoms with Gasteiger partial charge in [0.25, 0.3) is 0 Å². The van der Waals surface area contributed by atoms with Crippen molar-refractivity contribution in [3.05, 3.63) is 29.3 Å². The monoisotopic (exact) mass is 276 g/mol. The molecule has 1 saturated carbocycles. The van der Waals surface area contributed by atoms with Gasteiger partial charge in [0.15, 0.2) is 0 Å². The van der Waals surface area contributed by atoms with E-state index in [9.17, 15) is 4.79 Å². The summed E-state index contributed by atoms with van der Waals surface area (Å²) >= 11 is 0. The highest BCUT2D eigenvalue weighted by atomic mass is 16.5. The van der Waals surface area contributed by atoms with Gasteiger partial charge < -0.3 is 15.4 Å². The fourth-order valence-electron chi connectivity index (χ4n) is 2.67. The molecule has 1 aliphatic carbocycles. The van der Waals surface area contributed by atoms with Crippen molar-refractivity contribution in [2.75, 3.05) is 7.11 Å². The Morgan fingerprint density at radius 1 is 1.35 bits per heavy atom. The van der Waals surface area contributed by atoms with E-state index < -0.39 is 0 Å². The minimum atomic E-state index is -0.0825. The van der Waals surface area contributed by atoms with Gasteiger partial charge in [0.2, 0.25) is 0 Å². The molecule has 2 rings (SSSR count). The Labute approximate surface area is 120 Å². The third-order valence-corrected chi connectivity index (χ3v) is 3.88. The fraction of sp³-hybridized carbons (Fsp3) is 0.562. The molecular weight excluding hydrogens is 252 g/mol. The highest BCUT2D eigenvalue weighted by Gasteiger charge is 2.17. The topological polar surface area (TPSA) is 50.4 Å². The number of rotatable bonds is 5. The van der Waals surface area contributed by atoms with E-state index in [-0.39, 0.29) is 6.03 Å². The Morgan fingerprint density at radius 2 is 2.10 bits per heavy atom. The van der Waals surface area contributed by atoms with Gasteiger partial charge in [0.1, 0.15) is 5.75 Å². The van der Waals surface area contributed by atoms with Crippen LogP contribution in [0.5, 0.6) is 5.75 Å². The molecule has 0 spiro atoms. The number of ether oxygens (including phenoxy) is 1. The Morgan fingerprint density at radius 3 is 2.75 bits per heavy atom. The Bertz CT molecular complexity index is 454. The number of aryl methyl sites for hydroxylation is 1. The van der Waals surface area contributed by atoms with Crippen LogP contribution in [0.1, 0.15) is 43.7 Å². The number of benzene rings is 1. The molecule has 0 radical (unpaired) electrons. The Hall–Kier alpha value is -1.71. The van der Waals surface area contributed by atoms with Gasteiger partial charge in [0.05, 0.1) is 7.11 Å². The number of hydrogen-bond donors (Lipinski definition) is 2. The van der Waals surface area contributed by atoms with E-state index in [1.54, 1.807) is 7.11 Å². The van der Waals surface area contributed by atoms with Crippen molar-refractivity contribution in [3.8, 4) is 5.75 Å². The normalized spacial score (nSPS) is 15.1. The van der Waals surface area contributed by atoms with Gasteiger partial charge >= 0.3 is 6.03 Å². The number of nitrogens with one attached hydrogen (secondary N) is 2. The largest absolute Gasteiger partial charge is 0.496 e. The fourth-order valence-corrected chi connectivity index (χ4v) is 2.67. The van der Waals surface area contributed by atoms with Gasteiger partial charge in [-0.05, 0) is 30.9 Å². The molecule has 20 heavy (non-hydrogen) atoms. The zero-order valence-corrected chi connectivity index (χ0v) is 12.4. The second-order valence-corrected chi connectivity index (χ2v) is 5.31. The summed E-state index contributed by atoms with van der Waals surface area (Å²) < 4.78 is 5.34. The van der Waals surface area contributed by atoms with Crippen molar-refractivity contribution in [1.29, 1.82) is 0 Å². The number of urea groups is 1. The van der Waals surface area contributed by atoms with Crippen LogP contribution in [0, 0.1) is 0 Å². The maximum atomic E-state index is 11.9. The van der Waals surface area contributed by atoms with E-state index in [1.165, 1.54) is 18.4 Å². The van der Waals surface area contributed by atoms with Gasteiger partial charge in [-0.3, -0.25) is 0 Å². The molecule has 110 valence electrons. The zero-order chi connectivity index (χ0) is 14.4. The van der Waals surface area contributed by atoms with Crippen LogP contribution in [0.25, 0.3) is 0 Å². The van der Waals surface area contributed by atoms with E-state index in [0.29, 0.717) is 12.6 Å². The summed E-state index contributed by atoms with van der Waals surface area (Å²) in [7, 11) is 1.66. The van der Waals surface area contributed by atoms with Crippen LogP contribution in [0.15, 0.2) is 18.2 Å². The Balaban J connectivity index is 1.90. The molecule has 0 heterocycles. The SMILES string of the molecule is CCc1ccc(OC)c(CNC(=O)NC2CCCC2)c1. The standard InChI is InChI=1S/C16H24N2O2/c1-3-12-8-9-15(20-2)13(10-12)11-17-16(19)18-14-6-4-5-7-14/h8-10,14H,3-7,11H2,1-2H3,(H2,17,18,19). The van der Waals surface area contributed by atoms with Crippen LogP contribution in [-0.4, -0.2) is 19.2 Å². The maximum absolute atomic E-state index is 11.9. The summed E-state index contributed by atoms with van der Waals surface area (Å²) in [5.41, 5.74) is 2.27. The predicted molar refractivity (Wildman–Crippen MR) is 80.0 cm³/mol. The van der Waals surface area contributed by atoms with Crippen molar-refractivity contribution < 1.29 is 9.53 Å². The van der Waals surface area contributed by atoms with Crippen molar-refractivity contribution in [3.63, 3.8) is 0 Å². The Kier molecular flexibility index (Phi) is 5.27. The van der Waals surface area contributed by atoms with Crippen LogP contribution >= 0.6 is 0 Å². The second-order valence-electron chi connectivity index (χ2n) is 5.31. The lowest BCUT2D eigenvalue weighted by molar-refractivity contribution is 0.236. The highest BCUT2D eigenvalue weighted by molar-refractivity contribution is 5.74. The molecule has 0 aliphatic heterocycles. The summed E-state index contributed by atoms with van der Waals surface area (Å²) in [5.74, 6) is 0.823. The minimum absolute atomic E-state index is 0.0825. The maximum Gasteiger partial charge on any atom is 0.315 e. The van der Waals surface area contributed by atoms with E-state index in [0.717, 1.165) is 30.6 Å². The smallest absolute Gasteiger partial charge is 0.315 e. The van der Waals surface area contributed by atoms with E-state index in [2.05, 4.69) is 29.7 Å². The van der Waals surface area contributed by atoms with Gasteiger partial charge in [-0.15, -0.1) is 0 Å². The molecule has 1 aliphatic rings. The summed E-state index contributed by atoms with van der Waals surface area (Å²) in [6.45, 7) is 2.61. The quantitative estimate of drug-likeness (QED) is 0.868. The lowest BCUT2D eigenvalue weighted by atomic mass is 10.1. The first-order valence-corrected chi connectivity index (χ1v) is 7.43. The third kappa shape index (κ3) is 3.89. The van der Waals surface area contributed by atoms with Gasteiger partial charge in [0, 0.05) is 18.2 Å². The summed E-state index contributed by atoms with van der Waals surface area (Å²) in [6.07, 6.45) is 5.62. The van der Waals surface area contributed by atoms with Gasteiger partial charge in [-0.25, -0.2) is 4.79 Å². The average Bonchev–Trinajstić information content (AvgIpc) is 2.97. The molecule has 0 unspecified atom stereocenters. The first-order chi connectivity index (χ1) is 9.72. The minimum Gasteiger partial charge on any atom is -0.496 e. The zero-order valence-electron chi connectivity index (χ0n) is 12.4. The van der Waals surface area contributed by atoms with Crippen LogP contribution in [-0.2, 0) is 13.0 Å². The summed E-state index contributed by atoms with van der Waals surface area (Å²) in [5, 5.41) is 5.95. The highest BCUT2D eigenvalue weighted by Crippen LogP contribution is 2.20. The molecule has 2 amide bonds. The van der Waals surface area contributed by atoms with Crippen molar-refractivity contribution in [2.45, 2.75) is 51.6 Å². The molecule has 0 atom stereocenters. The molecule has 2 N–H and O–H groups in total. The average molecular weight is 276 g/mol. The molecule has 1 aromatic rings. The predicted octanol–water partition coefficient (Wildman–Crippen LogP) is 3.00. The van der Waals surface area contributed by atoms with Crippen molar-refractivity contribution in [1.82, 2.24) is 10.6 Å². The third-order valence-electron chi connectivity index (χ3n) is 3.88. The van der Waals surface area contributed by atoms with E-state index in [4.69, 9.17) is 4.74 Å². The van der Waals surface area contributed by atoms with Crippen molar-refractivity contribution in [2.24, 2.45) is 0 Å². The molecular formula is C16H24N2O2. The molecule has 0 aromatic heterocycles. The molecule has 4 heteroatoms. The van der Waals surface area contributed by atoms with Crippen LogP contribution < -0.4 is 15.4 Å². The summed E-state index contributed by atoms with van der Waals surface area (Å²) in [6, 6.07) is 6.38. The van der Waals surface area contributed by atoms with Crippen LogP contribution in [0.2, 0.25) is 0 Å². The molecule has 0 saturated heterocycles. The number of hydrogen-bond acceptors (Lipinski definition) is 2. The lowest BCUT2D eigenvalue weighted by Gasteiger charge is -2.14. The second kappa shape index (κ2) is 7.17. The van der Waals surface area contributed by atoms with Gasteiger partial charge in [-0.2, -0.15) is 0 Å². The number of carbonyl (C=O) groups excluding carboxylic acids is 1. The molecule has 1 aromatic carbocycles. The van der Waals surface area contributed by atoms with Crippen molar-refractivity contribution >= 4 is 6.03 Å². The molecule has 4 nitrogen and oxygen atoms in total. The van der Waals surface area contributed by atoms with Crippen LogP contribution in [0.4, 0.5) is 4.79 Å². The number of carbonyl (C=O) groups is 1. The lowest BCUT2D eigenvalue weighted by Crippen LogP contribution is -2.40. The van der Waals surface area contributed by atoms with Gasteiger partial charge in [-0.1, -0.05) is 31.9 Å². The van der Waals surface area contributed by atoms with E-state index in [1.807, 2.05) is 6.07 Å². The number of amides is 2. The summed E-state index contributed by atoms with van der Waals surface area (Å²) in [4.78, 5) is 11.9. The molecule has 0 bridgehead atoms. The van der Waals surface area contributed by atoms with E-state index >= 15 is 0 Å². The first-order valence-electron chi connectivity index (χ1n) is 7.43. The van der Waals surface area contributed by atoms with Crippen LogP contribution in [0.3, 0.4) is 0 Å². The molecule has 1 fully saturated rings. The number of methoxy groups -OCH3 is 1.